The van der Waals surface area contributed by atoms with Crippen LogP contribution in [0.25, 0.3) is 10.1 Å². The van der Waals surface area contributed by atoms with E-state index in [0.717, 1.165) is 5.56 Å². The number of nitrogens with one attached hydrogen (secondary N) is 1. The minimum Gasteiger partial charge on any atom is -0.397 e. The molecule has 0 aliphatic rings. The van der Waals surface area contributed by atoms with Gasteiger partial charge in [0.2, 0.25) is 0 Å². The van der Waals surface area contributed by atoms with Crippen LogP contribution >= 0.6 is 22.7 Å². The third kappa shape index (κ3) is 2.28. The lowest BCUT2D eigenvalue weighted by Gasteiger charge is -2.02. The molecule has 3 aromatic rings. The molecule has 3 nitrogen and oxygen atoms in total. The Morgan fingerprint density at radius 2 is 2.20 bits per heavy atom. The average molecular weight is 306 g/mol. The lowest BCUT2D eigenvalue weighted by Crippen LogP contribution is -2.22. The van der Waals surface area contributed by atoms with Crippen molar-refractivity contribution in [2.75, 3.05) is 5.73 Å². The van der Waals surface area contributed by atoms with Crippen LogP contribution in [0, 0.1) is 5.82 Å². The zero-order valence-corrected chi connectivity index (χ0v) is 12.0. The Morgan fingerprint density at radius 3 is 2.90 bits per heavy atom. The lowest BCUT2D eigenvalue weighted by molar-refractivity contribution is 0.0956. The number of carbonyl (C=O) groups excluding carboxylic acids is 1. The summed E-state index contributed by atoms with van der Waals surface area (Å²) >= 11 is 2.78. The van der Waals surface area contributed by atoms with Crippen molar-refractivity contribution in [1.29, 1.82) is 0 Å². The highest BCUT2D eigenvalue weighted by Crippen LogP contribution is 2.35. The van der Waals surface area contributed by atoms with E-state index in [1.54, 1.807) is 23.5 Å². The molecule has 3 rings (SSSR count). The Bertz CT molecular complexity index is 765. The predicted octanol–water partition coefficient (Wildman–Crippen LogP) is 3.61. The largest absolute Gasteiger partial charge is 0.397 e. The van der Waals surface area contributed by atoms with Gasteiger partial charge in [-0.3, -0.25) is 4.79 Å². The average Bonchev–Trinajstić information content (AvgIpc) is 3.05. The summed E-state index contributed by atoms with van der Waals surface area (Å²) in [5.74, 6) is -0.664. The molecule has 1 aromatic carbocycles. The molecule has 0 saturated heterocycles. The van der Waals surface area contributed by atoms with E-state index in [4.69, 9.17) is 5.73 Å². The van der Waals surface area contributed by atoms with E-state index in [1.807, 2.05) is 16.8 Å². The van der Waals surface area contributed by atoms with E-state index in [9.17, 15) is 9.18 Å². The van der Waals surface area contributed by atoms with Crippen molar-refractivity contribution in [3.05, 3.63) is 51.3 Å². The van der Waals surface area contributed by atoms with Gasteiger partial charge in [-0.05, 0) is 34.5 Å². The van der Waals surface area contributed by atoms with Crippen LogP contribution < -0.4 is 11.1 Å². The van der Waals surface area contributed by atoms with Gasteiger partial charge in [0.25, 0.3) is 5.91 Å². The molecule has 0 bridgehead atoms. The monoisotopic (exact) mass is 306 g/mol. The van der Waals surface area contributed by atoms with Crippen molar-refractivity contribution in [3.63, 3.8) is 0 Å². The Hall–Kier alpha value is -1.92. The molecule has 0 fully saturated rings. The Labute approximate surface area is 122 Å². The maximum Gasteiger partial charge on any atom is 0.263 e. The van der Waals surface area contributed by atoms with Gasteiger partial charge in [-0.15, -0.1) is 11.3 Å². The molecule has 0 unspecified atom stereocenters. The molecule has 2 aromatic heterocycles. The summed E-state index contributed by atoms with van der Waals surface area (Å²) in [6.45, 7) is 0.443. The summed E-state index contributed by atoms with van der Waals surface area (Å²) in [5, 5.41) is 7.05. The molecule has 2 heterocycles. The fourth-order valence-electron chi connectivity index (χ4n) is 1.95. The van der Waals surface area contributed by atoms with Crippen LogP contribution in [0.2, 0.25) is 0 Å². The normalized spacial score (nSPS) is 10.8. The Kier molecular flexibility index (Phi) is 3.42. The van der Waals surface area contributed by atoms with Gasteiger partial charge < -0.3 is 11.1 Å². The van der Waals surface area contributed by atoms with Crippen molar-refractivity contribution in [2.45, 2.75) is 6.54 Å². The number of hydrogen-bond donors (Lipinski definition) is 2. The molecular formula is C14H11FN2OS2. The fourth-order valence-corrected chi connectivity index (χ4v) is 3.68. The van der Waals surface area contributed by atoms with Crippen molar-refractivity contribution < 1.29 is 9.18 Å². The first-order chi connectivity index (χ1) is 9.66. The third-order valence-corrected chi connectivity index (χ3v) is 4.84. The molecule has 6 heteroatoms. The smallest absolute Gasteiger partial charge is 0.263 e. The molecule has 1 amide bonds. The van der Waals surface area contributed by atoms with Crippen molar-refractivity contribution in [2.24, 2.45) is 0 Å². The second-order valence-corrected chi connectivity index (χ2v) is 6.10. The van der Waals surface area contributed by atoms with E-state index < -0.39 is 5.82 Å². The third-order valence-electron chi connectivity index (χ3n) is 2.94. The van der Waals surface area contributed by atoms with Gasteiger partial charge in [0, 0.05) is 11.2 Å². The van der Waals surface area contributed by atoms with Gasteiger partial charge in [0.15, 0.2) is 0 Å². The van der Waals surface area contributed by atoms with Gasteiger partial charge in [-0.1, -0.05) is 6.07 Å². The van der Waals surface area contributed by atoms with Crippen LogP contribution in [0.15, 0.2) is 35.0 Å². The second-order valence-electron chi connectivity index (χ2n) is 4.27. The number of nitrogen functional groups attached to an aromatic ring is 1. The number of benzene rings is 1. The molecule has 0 atom stereocenters. The van der Waals surface area contributed by atoms with Crippen molar-refractivity contribution >= 4 is 44.4 Å². The fraction of sp³-hybridized carbons (Fsp3) is 0.0714. The molecule has 0 aliphatic carbocycles. The highest BCUT2D eigenvalue weighted by molar-refractivity contribution is 7.21. The molecular weight excluding hydrogens is 295 g/mol. The quantitative estimate of drug-likeness (QED) is 0.776. The molecule has 0 spiro atoms. The van der Waals surface area contributed by atoms with Crippen LogP contribution in [0.3, 0.4) is 0 Å². The first-order valence-electron chi connectivity index (χ1n) is 5.92. The first kappa shape index (κ1) is 13.1. The van der Waals surface area contributed by atoms with E-state index in [0.29, 0.717) is 21.5 Å². The predicted molar refractivity (Wildman–Crippen MR) is 81.7 cm³/mol. The topological polar surface area (TPSA) is 55.1 Å². The molecule has 0 saturated carbocycles. The van der Waals surface area contributed by atoms with Gasteiger partial charge in [-0.2, -0.15) is 11.3 Å². The number of hydrogen-bond acceptors (Lipinski definition) is 4. The summed E-state index contributed by atoms with van der Waals surface area (Å²) in [6.07, 6.45) is 0. The highest BCUT2D eigenvalue weighted by Gasteiger charge is 2.18. The minimum atomic E-state index is -0.395. The zero-order valence-electron chi connectivity index (χ0n) is 10.4. The summed E-state index contributed by atoms with van der Waals surface area (Å²) < 4.78 is 14.4. The molecule has 20 heavy (non-hydrogen) atoms. The van der Waals surface area contributed by atoms with Gasteiger partial charge in [0.1, 0.15) is 10.7 Å². The summed E-state index contributed by atoms with van der Waals surface area (Å²) in [7, 11) is 0. The maximum atomic E-state index is 13.7. The Morgan fingerprint density at radius 1 is 1.35 bits per heavy atom. The molecule has 102 valence electrons. The summed E-state index contributed by atoms with van der Waals surface area (Å²) in [6, 6.07) is 6.66. The SMILES string of the molecule is Nc1c(C(=O)NCc2ccsc2)sc2cccc(F)c12. The first-order valence-corrected chi connectivity index (χ1v) is 7.68. The summed E-state index contributed by atoms with van der Waals surface area (Å²) in [4.78, 5) is 12.5. The highest BCUT2D eigenvalue weighted by atomic mass is 32.1. The van der Waals surface area contributed by atoms with Crippen LogP contribution in [-0.2, 0) is 6.54 Å². The Balaban J connectivity index is 1.88. The number of thiophene rings is 2. The zero-order chi connectivity index (χ0) is 14.1. The van der Waals surface area contributed by atoms with E-state index in [2.05, 4.69) is 5.32 Å². The van der Waals surface area contributed by atoms with Gasteiger partial charge in [-0.25, -0.2) is 4.39 Å². The van der Waals surface area contributed by atoms with Gasteiger partial charge in [0.05, 0.1) is 11.1 Å². The molecule has 0 radical (unpaired) electrons. The van der Waals surface area contributed by atoms with Crippen LogP contribution in [0.4, 0.5) is 10.1 Å². The standard InChI is InChI=1S/C14H11FN2OS2/c15-9-2-1-3-10-11(9)12(16)13(20-10)14(18)17-6-8-4-5-19-7-8/h1-5,7H,6,16H2,(H,17,18). The number of nitrogens with two attached hydrogens (primary N) is 1. The second kappa shape index (κ2) is 5.22. The molecule has 0 aliphatic heterocycles. The number of amides is 1. The maximum absolute atomic E-state index is 13.7. The molecule has 3 N–H and O–H groups in total. The van der Waals surface area contributed by atoms with Crippen molar-refractivity contribution in [1.82, 2.24) is 5.32 Å². The minimum absolute atomic E-state index is 0.214. The lowest BCUT2D eigenvalue weighted by atomic mass is 10.2. The van der Waals surface area contributed by atoms with E-state index >= 15 is 0 Å². The number of rotatable bonds is 3. The summed E-state index contributed by atoms with van der Waals surface area (Å²) in [5.41, 5.74) is 7.15. The van der Waals surface area contributed by atoms with Crippen LogP contribution in [0.5, 0.6) is 0 Å². The number of fused-ring (bicyclic) bond motifs is 1. The van der Waals surface area contributed by atoms with Crippen LogP contribution in [-0.4, -0.2) is 5.91 Å². The van der Waals surface area contributed by atoms with Gasteiger partial charge >= 0.3 is 0 Å². The van der Waals surface area contributed by atoms with E-state index in [-0.39, 0.29) is 11.6 Å². The van der Waals surface area contributed by atoms with Crippen LogP contribution in [0.1, 0.15) is 15.2 Å². The number of anilines is 1. The van der Waals surface area contributed by atoms with E-state index in [1.165, 1.54) is 17.4 Å². The number of carbonyl (C=O) groups is 1. The number of halogens is 1. The van der Waals surface area contributed by atoms with Crippen molar-refractivity contribution in [3.8, 4) is 0 Å².